The van der Waals surface area contributed by atoms with Crippen LogP contribution in [0.25, 0.3) is 0 Å². The van der Waals surface area contributed by atoms with Gasteiger partial charge in [-0.15, -0.1) is 0 Å². The lowest BCUT2D eigenvalue weighted by Gasteiger charge is -2.15. The number of rotatable bonds is 13. The number of hydrogen-bond acceptors (Lipinski definition) is 3. The highest BCUT2D eigenvalue weighted by Gasteiger charge is 2.15. The quantitative estimate of drug-likeness (QED) is 0.157. The Hall–Kier alpha value is -3.46. The second-order valence-electron chi connectivity index (χ2n) is 10.2. The summed E-state index contributed by atoms with van der Waals surface area (Å²) in [6, 6.07) is 15.8. The lowest BCUT2D eigenvalue weighted by Crippen LogP contribution is -2.16. The Morgan fingerprint density at radius 3 is 1.76 bits per heavy atom. The Balaban J connectivity index is 2.12. The molecular formula is C34H42O3. The molecule has 0 radical (unpaired) electrons. The third kappa shape index (κ3) is 11.4. The Kier molecular flexibility index (Phi) is 12.6. The fraction of sp³-hybridized carbons (Fsp3) is 0.353. The summed E-state index contributed by atoms with van der Waals surface area (Å²) in [6.07, 6.45) is 12.9. The van der Waals surface area contributed by atoms with Crippen LogP contribution in [0.3, 0.4) is 0 Å². The Morgan fingerprint density at radius 2 is 1.19 bits per heavy atom. The Morgan fingerprint density at radius 1 is 0.676 bits per heavy atom. The number of carbonyl (C=O) groups is 2. The van der Waals surface area contributed by atoms with E-state index in [2.05, 4.69) is 65.8 Å². The fourth-order valence-electron chi connectivity index (χ4n) is 3.87. The first kappa shape index (κ1) is 29.8. The second-order valence-corrected chi connectivity index (χ2v) is 10.2. The molecule has 3 nitrogen and oxygen atoms in total. The van der Waals surface area contributed by atoms with E-state index in [1.165, 1.54) is 22.3 Å². The predicted octanol–water partition coefficient (Wildman–Crippen LogP) is 9.22. The van der Waals surface area contributed by atoms with Gasteiger partial charge in [0.25, 0.3) is 0 Å². The first-order valence-electron chi connectivity index (χ1n) is 13.2. The molecule has 0 heterocycles. The van der Waals surface area contributed by atoms with Crippen molar-refractivity contribution < 1.29 is 14.3 Å². The third-order valence-corrected chi connectivity index (χ3v) is 6.03. The minimum atomic E-state index is -0.382. The van der Waals surface area contributed by atoms with Crippen LogP contribution in [0.5, 0.6) is 0 Å². The number of ether oxygens (including phenoxy) is 1. The molecule has 0 saturated heterocycles. The summed E-state index contributed by atoms with van der Waals surface area (Å²) in [7, 11) is 0. The van der Waals surface area contributed by atoms with Crippen molar-refractivity contribution in [2.75, 3.05) is 0 Å². The predicted molar refractivity (Wildman–Crippen MR) is 155 cm³/mol. The van der Waals surface area contributed by atoms with E-state index < -0.39 is 0 Å². The van der Waals surface area contributed by atoms with Crippen LogP contribution in [0.2, 0.25) is 0 Å². The number of hydrogen-bond donors (Lipinski definition) is 0. The van der Waals surface area contributed by atoms with Gasteiger partial charge in [0.2, 0.25) is 0 Å². The van der Waals surface area contributed by atoms with Gasteiger partial charge in [0.15, 0.2) is 5.78 Å². The first-order chi connectivity index (χ1) is 17.7. The van der Waals surface area contributed by atoms with Gasteiger partial charge in [-0.2, -0.15) is 0 Å². The monoisotopic (exact) mass is 498 g/mol. The highest BCUT2D eigenvalue weighted by atomic mass is 16.5. The third-order valence-electron chi connectivity index (χ3n) is 6.03. The van der Waals surface area contributed by atoms with Gasteiger partial charge in [-0.25, -0.2) is 4.79 Å². The van der Waals surface area contributed by atoms with Gasteiger partial charge in [-0.1, -0.05) is 83.0 Å². The molecule has 196 valence electrons. The lowest BCUT2D eigenvalue weighted by atomic mass is 10.0. The van der Waals surface area contributed by atoms with Crippen molar-refractivity contribution in [1.82, 2.24) is 0 Å². The van der Waals surface area contributed by atoms with Crippen molar-refractivity contribution in [2.45, 2.75) is 79.8 Å². The summed E-state index contributed by atoms with van der Waals surface area (Å²) in [5, 5.41) is 0. The van der Waals surface area contributed by atoms with Crippen molar-refractivity contribution >= 4 is 11.8 Å². The molecule has 2 aromatic carbocycles. The normalized spacial score (nSPS) is 12.5. The highest BCUT2D eigenvalue weighted by molar-refractivity contribution is 6.09. The molecule has 2 rings (SSSR count). The number of ketones is 1. The zero-order valence-corrected chi connectivity index (χ0v) is 23.3. The van der Waals surface area contributed by atoms with Crippen LogP contribution in [0.15, 0.2) is 101 Å². The molecular weight excluding hydrogens is 456 g/mol. The molecule has 0 saturated carbocycles. The van der Waals surface area contributed by atoms with Gasteiger partial charge in [0, 0.05) is 17.5 Å². The van der Waals surface area contributed by atoms with Crippen LogP contribution >= 0.6 is 0 Å². The van der Waals surface area contributed by atoms with Gasteiger partial charge in [-0.3, -0.25) is 4.79 Å². The minimum Gasteiger partial charge on any atom is -0.454 e. The molecule has 3 heteroatoms. The maximum atomic E-state index is 13.0. The standard InChI is InChI=1S/C34H42O3/c1-25(2)12-10-14-27(5)18-23-32(24-28(6)15-11-13-26(3)4)37-34(36)31-21-19-30(20-22-31)33(35)29-16-8-7-9-17-29/h7-9,12-13,16-22,24,32H,10-11,14-15,23H2,1-6H3/b27-18+,28-24+. The van der Waals surface area contributed by atoms with Crippen LogP contribution in [0, 0.1) is 0 Å². The number of esters is 1. The van der Waals surface area contributed by atoms with Crippen molar-refractivity contribution in [3.63, 3.8) is 0 Å². The smallest absolute Gasteiger partial charge is 0.338 e. The number of allylic oxidation sites excluding steroid dienone is 6. The van der Waals surface area contributed by atoms with Gasteiger partial charge < -0.3 is 4.74 Å². The zero-order valence-electron chi connectivity index (χ0n) is 23.3. The molecule has 0 fully saturated rings. The maximum absolute atomic E-state index is 13.0. The van der Waals surface area contributed by atoms with E-state index in [0.29, 0.717) is 23.1 Å². The summed E-state index contributed by atoms with van der Waals surface area (Å²) >= 11 is 0. The molecule has 0 aliphatic heterocycles. The zero-order chi connectivity index (χ0) is 27.2. The lowest BCUT2D eigenvalue weighted by molar-refractivity contribution is 0.0397. The second kappa shape index (κ2) is 15.6. The minimum absolute atomic E-state index is 0.0676. The molecule has 0 aliphatic rings. The molecule has 0 amide bonds. The molecule has 0 bridgehead atoms. The summed E-state index contributed by atoms with van der Waals surface area (Å²) < 4.78 is 5.94. The molecule has 0 spiro atoms. The van der Waals surface area contributed by atoms with E-state index in [4.69, 9.17) is 4.74 Å². The van der Waals surface area contributed by atoms with Gasteiger partial charge in [0.05, 0.1) is 5.56 Å². The highest BCUT2D eigenvalue weighted by Crippen LogP contribution is 2.17. The number of carbonyl (C=O) groups excluding carboxylic acids is 2. The number of benzene rings is 2. The SMILES string of the molecule is CC(C)=CCC/C(C)=C/CC(/C=C(\C)CCC=C(C)C)OC(=O)c1ccc(C(=O)c2ccccc2)cc1. The average molecular weight is 499 g/mol. The van der Waals surface area contributed by atoms with E-state index in [0.717, 1.165) is 25.7 Å². The van der Waals surface area contributed by atoms with Crippen LogP contribution in [0.4, 0.5) is 0 Å². The molecule has 2 aromatic rings. The van der Waals surface area contributed by atoms with Crippen LogP contribution in [0.1, 0.15) is 99.9 Å². The average Bonchev–Trinajstić information content (AvgIpc) is 2.87. The summed E-state index contributed by atoms with van der Waals surface area (Å²) in [5.74, 6) is -0.449. The molecule has 0 aliphatic carbocycles. The van der Waals surface area contributed by atoms with Gasteiger partial charge in [0.1, 0.15) is 6.10 Å². The first-order valence-corrected chi connectivity index (χ1v) is 13.2. The Labute approximate surface area is 223 Å². The summed E-state index contributed by atoms with van der Waals surface area (Å²) in [4.78, 5) is 25.7. The molecule has 0 N–H and O–H groups in total. The van der Waals surface area contributed by atoms with Crippen molar-refractivity contribution in [1.29, 1.82) is 0 Å². The maximum Gasteiger partial charge on any atom is 0.338 e. The summed E-state index contributed by atoms with van der Waals surface area (Å²) in [6.45, 7) is 12.7. The molecule has 0 aromatic heterocycles. The van der Waals surface area contributed by atoms with Crippen LogP contribution in [-0.4, -0.2) is 17.9 Å². The largest absolute Gasteiger partial charge is 0.454 e. The fourth-order valence-corrected chi connectivity index (χ4v) is 3.87. The van der Waals surface area contributed by atoms with E-state index in [1.807, 2.05) is 18.2 Å². The van der Waals surface area contributed by atoms with Gasteiger partial charge in [-0.05, 0) is 85.4 Å². The van der Waals surface area contributed by atoms with E-state index in [1.54, 1.807) is 36.4 Å². The van der Waals surface area contributed by atoms with E-state index >= 15 is 0 Å². The van der Waals surface area contributed by atoms with E-state index in [-0.39, 0.29) is 17.9 Å². The Bertz CT molecular complexity index is 1140. The van der Waals surface area contributed by atoms with Crippen LogP contribution < -0.4 is 0 Å². The van der Waals surface area contributed by atoms with Crippen molar-refractivity contribution in [3.05, 3.63) is 118 Å². The molecule has 1 atom stereocenters. The van der Waals surface area contributed by atoms with Gasteiger partial charge >= 0.3 is 5.97 Å². The van der Waals surface area contributed by atoms with Crippen molar-refractivity contribution in [2.24, 2.45) is 0 Å². The molecule has 1 unspecified atom stereocenters. The van der Waals surface area contributed by atoms with Crippen LogP contribution in [-0.2, 0) is 4.74 Å². The molecule has 37 heavy (non-hydrogen) atoms. The topological polar surface area (TPSA) is 43.4 Å². The van der Waals surface area contributed by atoms with Crippen molar-refractivity contribution in [3.8, 4) is 0 Å². The summed E-state index contributed by atoms with van der Waals surface area (Å²) in [5.41, 5.74) is 6.73. The van der Waals surface area contributed by atoms with E-state index in [9.17, 15) is 9.59 Å².